The number of guanidine groups is 1. The van der Waals surface area contributed by atoms with Crippen molar-refractivity contribution < 1.29 is 9.15 Å². The van der Waals surface area contributed by atoms with Gasteiger partial charge >= 0.3 is 0 Å². The van der Waals surface area contributed by atoms with Crippen molar-refractivity contribution in [2.24, 2.45) is 10.4 Å². The van der Waals surface area contributed by atoms with Crippen LogP contribution in [0, 0.1) is 5.41 Å². The highest BCUT2D eigenvalue weighted by Gasteiger charge is 2.42. The predicted octanol–water partition coefficient (Wildman–Crippen LogP) is 3.30. The molecule has 0 amide bonds. The summed E-state index contributed by atoms with van der Waals surface area (Å²) in [6, 6.07) is 4.38. The van der Waals surface area contributed by atoms with Gasteiger partial charge in [-0.3, -0.25) is 4.99 Å². The predicted molar refractivity (Wildman–Crippen MR) is 107 cm³/mol. The Morgan fingerprint density at radius 2 is 2.33 bits per heavy atom. The highest BCUT2D eigenvalue weighted by molar-refractivity contribution is 14.0. The van der Waals surface area contributed by atoms with Gasteiger partial charge in [0.25, 0.3) is 0 Å². The maximum absolute atomic E-state index is 5.64. The molecule has 1 spiro atoms. The fourth-order valence-corrected chi connectivity index (χ4v) is 3.37. The number of hydrogen-bond donors (Lipinski definition) is 1. The maximum atomic E-state index is 5.64. The van der Waals surface area contributed by atoms with E-state index in [0.29, 0.717) is 11.5 Å². The molecule has 2 saturated heterocycles. The van der Waals surface area contributed by atoms with E-state index in [1.165, 1.54) is 12.8 Å². The monoisotopic (exact) mass is 447 g/mol. The van der Waals surface area contributed by atoms with Gasteiger partial charge in [0.2, 0.25) is 0 Å². The first-order valence-corrected chi connectivity index (χ1v) is 8.87. The van der Waals surface area contributed by atoms with Crippen molar-refractivity contribution in [2.45, 2.75) is 45.6 Å². The smallest absolute Gasteiger partial charge is 0.194 e. The van der Waals surface area contributed by atoms with Crippen LogP contribution >= 0.6 is 24.0 Å². The van der Waals surface area contributed by atoms with E-state index in [1.807, 2.05) is 12.1 Å². The standard InChI is InChI=1S/C18H29N3O2.HI/c1-3-15(2)20-17(19-9-6-16-5-4-11-23-16)21-10-7-18(13-21)8-12-22-14-18;/h4-5,11,15H,3,6-10,12-14H2,1-2H3,(H,19,20);1H. The lowest BCUT2D eigenvalue weighted by Crippen LogP contribution is -2.45. The molecule has 0 saturated carbocycles. The van der Waals surface area contributed by atoms with Gasteiger partial charge in [0, 0.05) is 44.1 Å². The lowest BCUT2D eigenvalue weighted by Gasteiger charge is -2.27. The lowest BCUT2D eigenvalue weighted by molar-refractivity contribution is 0.156. The zero-order valence-corrected chi connectivity index (χ0v) is 17.1. The molecule has 0 bridgehead atoms. The summed E-state index contributed by atoms with van der Waals surface area (Å²) >= 11 is 0. The van der Waals surface area contributed by atoms with Crippen LogP contribution in [0.2, 0.25) is 0 Å². The summed E-state index contributed by atoms with van der Waals surface area (Å²) in [5.74, 6) is 2.05. The van der Waals surface area contributed by atoms with Gasteiger partial charge in [0.05, 0.1) is 12.9 Å². The van der Waals surface area contributed by atoms with Crippen molar-refractivity contribution in [3.63, 3.8) is 0 Å². The number of ether oxygens (including phenoxy) is 1. The van der Waals surface area contributed by atoms with E-state index in [1.54, 1.807) is 6.26 Å². The second-order valence-electron chi connectivity index (χ2n) is 6.96. The Labute approximate surface area is 162 Å². The van der Waals surface area contributed by atoms with E-state index in [2.05, 4.69) is 24.1 Å². The molecule has 6 heteroatoms. The lowest BCUT2D eigenvalue weighted by atomic mass is 9.87. The minimum atomic E-state index is 0. The zero-order chi connectivity index (χ0) is 16.1. The summed E-state index contributed by atoms with van der Waals surface area (Å²) in [5, 5.41) is 3.60. The average molecular weight is 447 g/mol. The number of rotatable bonds is 5. The van der Waals surface area contributed by atoms with Gasteiger partial charge in [-0.1, -0.05) is 6.92 Å². The van der Waals surface area contributed by atoms with Gasteiger partial charge in [-0.05, 0) is 38.3 Å². The Balaban J connectivity index is 0.00000208. The summed E-state index contributed by atoms with van der Waals surface area (Å²) in [7, 11) is 0. The van der Waals surface area contributed by atoms with Crippen LogP contribution in [0.4, 0.5) is 0 Å². The van der Waals surface area contributed by atoms with Crippen molar-refractivity contribution in [3.8, 4) is 0 Å². The molecular formula is C18H30IN3O2. The van der Waals surface area contributed by atoms with Gasteiger partial charge < -0.3 is 19.4 Å². The maximum Gasteiger partial charge on any atom is 0.194 e. The molecule has 1 aromatic rings. The summed E-state index contributed by atoms with van der Waals surface area (Å²) in [4.78, 5) is 7.27. The van der Waals surface area contributed by atoms with Crippen molar-refractivity contribution in [1.82, 2.24) is 10.2 Å². The number of aliphatic imine (C=N–C) groups is 1. The molecule has 2 fully saturated rings. The topological polar surface area (TPSA) is 50.0 Å². The summed E-state index contributed by atoms with van der Waals surface area (Å²) in [6.07, 6.45) is 6.07. The largest absolute Gasteiger partial charge is 0.469 e. The molecule has 24 heavy (non-hydrogen) atoms. The van der Waals surface area contributed by atoms with Crippen LogP contribution in [0.15, 0.2) is 27.8 Å². The third-order valence-corrected chi connectivity index (χ3v) is 5.11. The molecule has 1 N–H and O–H groups in total. The molecule has 0 radical (unpaired) electrons. The average Bonchev–Trinajstić information content (AvgIpc) is 3.30. The van der Waals surface area contributed by atoms with E-state index in [4.69, 9.17) is 14.1 Å². The molecule has 0 aromatic carbocycles. The van der Waals surface area contributed by atoms with Crippen LogP contribution in [-0.2, 0) is 11.2 Å². The number of hydrogen-bond acceptors (Lipinski definition) is 3. The Kier molecular flexibility index (Phi) is 7.40. The first-order valence-electron chi connectivity index (χ1n) is 8.87. The zero-order valence-electron chi connectivity index (χ0n) is 14.8. The van der Waals surface area contributed by atoms with Crippen molar-refractivity contribution in [2.75, 3.05) is 32.8 Å². The minimum Gasteiger partial charge on any atom is -0.469 e. The van der Waals surface area contributed by atoms with Crippen LogP contribution in [0.1, 0.15) is 38.9 Å². The van der Waals surface area contributed by atoms with Gasteiger partial charge in [0.1, 0.15) is 5.76 Å². The second kappa shape index (κ2) is 9.08. The van der Waals surface area contributed by atoms with E-state index in [-0.39, 0.29) is 24.0 Å². The Morgan fingerprint density at radius 3 is 3.00 bits per heavy atom. The second-order valence-corrected chi connectivity index (χ2v) is 6.96. The first-order chi connectivity index (χ1) is 11.2. The van der Waals surface area contributed by atoms with Gasteiger partial charge in [-0.15, -0.1) is 24.0 Å². The molecule has 3 heterocycles. The molecule has 2 unspecified atom stereocenters. The quantitative estimate of drug-likeness (QED) is 0.428. The third-order valence-electron chi connectivity index (χ3n) is 5.11. The number of likely N-dealkylation sites (tertiary alicyclic amines) is 1. The van der Waals surface area contributed by atoms with Crippen molar-refractivity contribution in [3.05, 3.63) is 24.2 Å². The van der Waals surface area contributed by atoms with E-state index >= 15 is 0 Å². The van der Waals surface area contributed by atoms with Crippen LogP contribution in [0.3, 0.4) is 0 Å². The van der Waals surface area contributed by atoms with E-state index < -0.39 is 0 Å². The number of furan rings is 1. The SMILES string of the molecule is CCC(C)NC(=NCCc1ccco1)N1CCC2(CCOC2)C1.I. The minimum absolute atomic E-state index is 0. The van der Waals surface area contributed by atoms with Crippen LogP contribution < -0.4 is 5.32 Å². The highest BCUT2D eigenvalue weighted by Crippen LogP contribution is 2.38. The number of nitrogens with zero attached hydrogens (tertiary/aromatic N) is 2. The van der Waals surface area contributed by atoms with Crippen LogP contribution in [-0.4, -0.2) is 49.7 Å². The molecule has 5 nitrogen and oxygen atoms in total. The normalized spacial score (nSPS) is 25.1. The summed E-state index contributed by atoms with van der Waals surface area (Å²) in [6.45, 7) is 9.14. The van der Waals surface area contributed by atoms with Gasteiger partial charge in [-0.25, -0.2) is 0 Å². The van der Waals surface area contributed by atoms with E-state index in [0.717, 1.165) is 57.4 Å². The Morgan fingerprint density at radius 1 is 1.46 bits per heavy atom. The molecule has 0 aliphatic carbocycles. The molecule has 2 atom stereocenters. The molecule has 136 valence electrons. The fourth-order valence-electron chi connectivity index (χ4n) is 3.37. The van der Waals surface area contributed by atoms with Crippen LogP contribution in [0.5, 0.6) is 0 Å². The molecular weight excluding hydrogens is 417 g/mol. The van der Waals surface area contributed by atoms with Gasteiger partial charge in [-0.2, -0.15) is 0 Å². The third kappa shape index (κ3) is 4.88. The number of halogens is 1. The highest BCUT2D eigenvalue weighted by atomic mass is 127. The van der Waals surface area contributed by atoms with Gasteiger partial charge in [0.15, 0.2) is 5.96 Å². The summed E-state index contributed by atoms with van der Waals surface area (Å²) < 4.78 is 11.0. The summed E-state index contributed by atoms with van der Waals surface area (Å²) in [5.41, 5.74) is 0.360. The Hall–Kier alpha value is -0.760. The molecule has 2 aliphatic heterocycles. The van der Waals surface area contributed by atoms with Crippen molar-refractivity contribution in [1.29, 1.82) is 0 Å². The number of nitrogens with one attached hydrogen (secondary N) is 1. The molecule has 3 rings (SSSR count). The molecule has 1 aromatic heterocycles. The van der Waals surface area contributed by atoms with Crippen molar-refractivity contribution >= 4 is 29.9 Å². The molecule has 2 aliphatic rings. The fraction of sp³-hybridized carbons (Fsp3) is 0.722. The van der Waals surface area contributed by atoms with E-state index in [9.17, 15) is 0 Å². The van der Waals surface area contributed by atoms with Crippen LogP contribution in [0.25, 0.3) is 0 Å². The first kappa shape index (κ1) is 19.6. The Bertz CT molecular complexity index is 512.